The number of imide groups is 1. The number of carbonyl (C=O) groups is 4. The normalized spacial score (nSPS) is 23.4. The third kappa shape index (κ3) is 7.81. The summed E-state index contributed by atoms with van der Waals surface area (Å²) in [6.45, 7) is 4.53. The average Bonchev–Trinajstić information content (AvgIpc) is 3.80. The van der Waals surface area contributed by atoms with Gasteiger partial charge in [0.05, 0.1) is 43.1 Å². The van der Waals surface area contributed by atoms with Crippen molar-refractivity contribution in [1.29, 1.82) is 0 Å². The summed E-state index contributed by atoms with van der Waals surface area (Å²) in [4.78, 5) is 60.6. The van der Waals surface area contributed by atoms with Crippen molar-refractivity contribution in [2.75, 3.05) is 58.8 Å². The summed E-state index contributed by atoms with van der Waals surface area (Å²) >= 11 is 0. The molecule has 17 heteroatoms. The number of amides is 5. The Labute approximate surface area is 327 Å². The Hall–Kier alpha value is -5.45. The van der Waals surface area contributed by atoms with Gasteiger partial charge < -0.3 is 24.6 Å². The van der Waals surface area contributed by atoms with Crippen LogP contribution in [-0.4, -0.2) is 107 Å². The Balaban J connectivity index is 0.808. The third-order valence-electron chi connectivity index (χ3n) is 12.0. The van der Waals surface area contributed by atoms with Crippen LogP contribution in [0.4, 0.5) is 23.7 Å². The number of halogens is 3. The Morgan fingerprint density at radius 3 is 2.47 bits per heavy atom. The molecule has 3 unspecified atom stereocenters. The van der Waals surface area contributed by atoms with Gasteiger partial charge in [0, 0.05) is 62.7 Å². The van der Waals surface area contributed by atoms with Gasteiger partial charge in [-0.1, -0.05) is 12.1 Å². The van der Waals surface area contributed by atoms with Crippen molar-refractivity contribution in [2.45, 2.75) is 50.7 Å². The van der Waals surface area contributed by atoms with E-state index in [1.54, 1.807) is 24.1 Å². The van der Waals surface area contributed by atoms with Gasteiger partial charge in [-0.25, -0.2) is 9.78 Å². The van der Waals surface area contributed by atoms with E-state index >= 15 is 0 Å². The van der Waals surface area contributed by atoms with Crippen molar-refractivity contribution >= 4 is 40.3 Å². The summed E-state index contributed by atoms with van der Waals surface area (Å²) in [6.07, 6.45) is 6.10. The highest BCUT2D eigenvalue weighted by Gasteiger charge is 2.60. The maximum absolute atomic E-state index is 13.8. The molecule has 3 saturated heterocycles. The number of piperidine rings is 2. The molecule has 2 N–H and O–H groups in total. The van der Waals surface area contributed by atoms with E-state index in [9.17, 15) is 32.3 Å². The standard InChI is InChI=1S/C40H45F3N8O6/c1-56-30-7-6-26-34(36(30)50-19-13-33(52)46-39(50)55)35(26)38(54)49-17-9-23(10-18-49)8-14-48-15-11-25(12-16-48)51-22-24-20-29(31(57-2)21-28(24)47-51)45-37(53)27-4-3-5-32(44-27)40(41,42)43/h3-7,20-23,25-26,34-35H,8-19H2,1-2H3,(H,45,53)(H,46,52,55). The van der Waals surface area contributed by atoms with E-state index in [0.717, 1.165) is 69.3 Å². The number of nitrogens with zero attached hydrogens (tertiary/aromatic N) is 6. The van der Waals surface area contributed by atoms with Gasteiger partial charge >= 0.3 is 12.2 Å². The Morgan fingerprint density at radius 2 is 1.77 bits per heavy atom. The number of alkyl halides is 3. The summed E-state index contributed by atoms with van der Waals surface area (Å²) in [5.74, 6) is 0.105. The van der Waals surface area contributed by atoms with Crippen LogP contribution in [0.3, 0.4) is 0 Å². The lowest BCUT2D eigenvalue weighted by Crippen LogP contribution is -2.49. The van der Waals surface area contributed by atoms with Crippen LogP contribution >= 0.6 is 0 Å². The molecule has 8 rings (SSSR count). The largest absolute Gasteiger partial charge is 0.495 e. The fourth-order valence-electron chi connectivity index (χ4n) is 8.83. The molecule has 2 aliphatic carbocycles. The molecule has 0 bridgehead atoms. The van der Waals surface area contributed by atoms with E-state index in [4.69, 9.17) is 14.6 Å². The minimum atomic E-state index is -4.67. The summed E-state index contributed by atoms with van der Waals surface area (Å²) in [5.41, 5.74) is 0.166. The van der Waals surface area contributed by atoms with Crippen LogP contribution in [0, 0.1) is 23.7 Å². The van der Waals surface area contributed by atoms with Gasteiger partial charge in [-0.2, -0.15) is 18.3 Å². The molecular weight excluding hydrogens is 745 g/mol. The van der Waals surface area contributed by atoms with Gasteiger partial charge in [0.15, 0.2) is 0 Å². The molecule has 5 amide bonds. The van der Waals surface area contributed by atoms with E-state index < -0.39 is 23.8 Å². The molecule has 1 aromatic carbocycles. The Kier molecular flexibility index (Phi) is 10.4. The highest BCUT2D eigenvalue weighted by molar-refractivity contribution is 6.05. The molecule has 302 valence electrons. The number of pyridine rings is 1. The summed E-state index contributed by atoms with van der Waals surface area (Å²) in [6, 6.07) is 6.31. The van der Waals surface area contributed by atoms with Crippen LogP contribution < -0.4 is 15.4 Å². The van der Waals surface area contributed by atoms with Gasteiger partial charge in [-0.3, -0.25) is 29.3 Å². The van der Waals surface area contributed by atoms with Gasteiger partial charge in [0.25, 0.3) is 5.91 Å². The number of allylic oxidation sites excluding steroid dienone is 3. The van der Waals surface area contributed by atoms with Crippen molar-refractivity contribution in [1.82, 2.24) is 34.8 Å². The van der Waals surface area contributed by atoms with E-state index in [1.807, 2.05) is 27.9 Å². The molecule has 3 aliphatic heterocycles. The molecule has 0 spiro atoms. The number of urea groups is 1. The molecule has 1 saturated carbocycles. The minimum Gasteiger partial charge on any atom is -0.495 e. The number of hydrogen-bond donors (Lipinski definition) is 2. The maximum Gasteiger partial charge on any atom is 0.433 e. The molecule has 3 atom stereocenters. The Morgan fingerprint density at radius 1 is 1.00 bits per heavy atom. The lowest BCUT2D eigenvalue weighted by atomic mass is 9.92. The zero-order valence-electron chi connectivity index (χ0n) is 31.8. The van der Waals surface area contributed by atoms with E-state index in [0.29, 0.717) is 47.4 Å². The summed E-state index contributed by atoms with van der Waals surface area (Å²) < 4.78 is 52.5. The molecule has 57 heavy (non-hydrogen) atoms. The third-order valence-corrected chi connectivity index (χ3v) is 12.0. The van der Waals surface area contributed by atoms with Crippen LogP contribution in [0.5, 0.6) is 5.75 Å². The number of carbonyl (C=O) groups excluding carboxylic acids is 4. The molecule has 2 aromatic heterocycles. The van der Waals surface area contributed by atoms with Crippen molar-refractivity contribution in [3.8, 4) is 5.75 Å². The number of methoxy groups -OCH3 is 2. The second-order valence-electron chi connectivity index (χ2n) is 15.4. The first-order valence-electron chi connectivity index (χ1n) is 19.4. The van der Waals surface area contributed by atoms with E-state index in [1.165, 1.54) is 13.2 Å². The number of nitrogens with one attached hydrogen (secondary N) is 2. The molecule has 5 aliphatic rings. The quantitative estimate of drug-likeness (QED) is 0.282. The van der Waals surface area contributed by atoms with Gasteiger partial charge in [0.1, 0.15) is 22.9 Å². The monoisotopic (exact) mass is 790 g/mol. The topological polar surface area (TPSA) is 151 Å². The molecule has 5 heterocycles. The summed E-state index contributed by atoms with van der Waals surface area (Å²) in [7, 11) is 3.00. The second kappa shape index (κ2) is 15.5. The smallest absolute Gasteiger partial charge is 0.433 e. The average molecular weight is 791 g/mol. The number of aromatic nitrogens is 3. The first-order valence-corrected chi connectivity index (χ1v) is 19.4. The second-order valence-corrected chi connectivity index (χ2v) is 15.4. The first-order chi connectivity index (χ1) is 27.4. The number of ether oxygens (including phenoxy) is 2. The van der Waals surface area contributed by atoms with Crippen LogP contribution in [0.1, 0.15) is 60.7 Å². The van der Waals surface area contributed by atoms with E-state index in [-0.39, 0.29) is 54.3 Å². The van der Waals surface area contributed by atoms with Crippen molar-refractivity contribution in [3.05, 3.63) is 71.5 Å². The number of benzene rings is 1. The highest BCUT2D eigenvalue weighted by atomic mass is 19.4. The van der Waals surface area contributed by atoms with Gasteiger partial charge in [0.2, 0.25) is 11.8 Å². The number of fused-ring (bicyclic) bond motifs is 2. The lowest BCUT2D eigenvalue weighted by Gasteiger charge is -2.35. The predicted octanol–water partition coefficient (Wildman–Crippen LogP) is 5.21. The van der Waals surface area contributed by atoms with Crippen molar-refractivity contribution < 1.29 is 41.8 Å². The molecule has 0 radical (unpaired) electrons. The van der Waals surface area contributed by atoms with Crippen LogP contribution in [-0.2, 0) is 20.5 Å². The fourth-order valence-corrected chi connectivity index (χ4v) is 8.83. The van der Waals surface area contributed by atoms with Crippen LogP contribution in [0.25, 0.3) is 10.9 Å². The number of hydrogen-bond acceptors (Lipinski definition) is 9. The maximum atomic E-state index is 13.8. The lowest BCUT2D eigenvalue weighted by molar-refractivity contribution is -0.141. The zero-order valence-corrected chi connectivity index (χ0v) is 31.8. The van der Waals surface area contributed by atoms with Crippen LogP contribution in [0.15, 0.2) is 60.1 Å². The molecular formula is C40H45F3N8O6. The minimum absolute atomic E-state index is 0.0181. The first kappa shape index (κ1) is 38.4. The highest BCUT2D eigenvalue weighted by Crippen LogP contribution is 2.57. The fraction of sp³-hybridized carbons (Fsp3) is 0.500. The number of likely N-dealkylation sites (tertiary alicyclic amines) is 2. The number of rotatable bonds is 10. The SMILES string of the molecule is COC1=C(N2CCC(=O)NC2=O)C2C(C=C1)C2C(=O)N1CCC(CCN2CCC(n3cc4cc(NC(=O)c5cccc(C(F)(F)F)n5)c(OC)cc4n3)CC2)CC1. The Bertz CT molecular complexity index is 2140. The molecule has 4 fully saturated rings. The van der Waals surface area contributed by atoms with E-state index in [2.05, 4.69) is 20.5 Å². The van der Waals surface area contributed by atoms with Gasteiger partial charge in [-0.15, -0.1) is 0 Å². The van der Waals surface area contributed by atoms with Crippen LogP contribution in [0.2, 0.25) is 0 Å². The van der Waals surface area contributed by atoms with Gasteiger partial charge in [-0.05, 0) is 74.8 Å². The zero-order chi connectivity index (χ0) is 40.0. The predicted molar refractivity (Wildman–Crippen MR) is 201 cm³/mol. The number of anilines is 1. The molecule has 14 nitrogen and oxygen atoms in total. The summed E-state index contributed by atoms with van der Waals surface area (Å²) in [5, 5.41) is 10.6. The molecule has 3 aromatic rings. The van der Waals surface area contributed by atoms with Crippen molar-refractivity contribution in [2.24, 2.45) is 23.7 Å². The van der Waals surface area contributed by atoms with Crippen molar-refractivity contribution in [3.63, 3.8) is 0 Å².